The lowest BCUT2D eigenvalue weighted by molar-refractivity contribution is 0.215. The zero-order valence-corrected chi connectivity index (χ0v) is 17.1. The van der Waals surface area contributed by atoms with E-state index in [1.54, 1.807) is 36.4 Å². The van der Waals surface area contributed by atoms with E-state index < -0.39 is 11.7 Å². The molecule has 1 aromatic heterocycles. The van der Waals surface area contributed by atoms with Crippen LogP contribution in [0.25, 0.3) is 10.8 Å². The lowest BCUT2D eigenvalue weighted by Crippen LogP contribution is -2.17. The number of hydrogen-bond donors (Lipinski definition) is 1. The number of fused-ring (bicyclic) bond motifs is 1. The Morgan fingerprint density at radius 2 is 1.65 bits per heavy atom. The maximum Gasteiger partial charge on any atom is 0.417 e. The number of carbonyl (C=O) groups is 1. The van der Waals surface area contributed by atoms with Crippen LogP contribution in [-0.2, 0) is 6.42 Å². The van der Waals surface area contributed by atoms with Crippen LogP contribution in [-0.4, -0.2) is 12.7 Å². The van der Waals surface area contributed by atoms with Gasteiger partial charge in [0.15, 0.2) is 0 Å². The quantitative estimate of drug-likeness (QED) is 0.421. The topological polar surface area (TPSA) is 77.8 Å². The third-order valence-corrected chi connectivity index (χ3v) is 4.87. The van der Waals surface area contributed by atoms with E-state index in [2.05, 4.69) is 5.32 Å². The molecule has 6 nitrogen and oxygen atoms in total. The van der Waals surface area contributed by atoms with Crippen LogP contribution in [0.3, 0.4) is 0 Å². The third-order valence-electron chi connectivity index (χ3n) is 4.51. The van der Waals surface area contributed by atoms with Crippen molar-refractivity contribution in [3.05, 3.63) is 99.9 Å². The van der Waals surface area contributed by atoms with Gasteiger partial charge in [0.1, 0.15) is 10.8 Å². The summed E-state index contributed by atoms with van der Waals surface area (Å²) >= 11 is 6.39. The van der Waals surface area contributed by atoms with Crippen LogP contribution in [0.2, 0.25) is 5.02 Å². The van der Waals surface area contributed by atoms with Crippen LogP contribution >= 0.6 is 11.6 Å². The van der Waals surface area contributed by atoms with E-state index in [0.717, 1.165) is 5.56 Å². The number of amides is 1. The standard InChI is InChI=1S/C24H18ClNO5/c25-21-19-12-11-17(26-24(28)30-18-9-5-2-6-10-18)15-20(19)22(27)31-23(21)29-14-13-16-7-3-1-4-8-16/h1-12,15H,13-14H2,(H,26,28). The number of rotatable bonds is 6. The molecule has 3 aromatic carbocycles. The molecule has 4 rings (SSSR count). The molecule has 31 heavy (non-hydrogen) atoms. The molecule has 1 heterocycles. The SMILES string of the molecule is O=C(Nc1ccc2c(Cl)c(OCCc3ccccc3)oc(=O)c2c1)Oc1ccccc1. The maximum atomic E-state index is 12.5. The average molecular weight is 436 g/mol. The van der Waals surface area contributed by atoms with Gasteiger partial charge in [-0.25, -0.2) is 9.59 Å². The molecule has 0 aliphatic heterocycles. The van der Waals surface area contributed by atoms with Gasteiger partial charge in [0, 0.05) is 17.5 Å². The minimum absolute atomic E-state index is 0.0284. The first-order chi connectivity index (χ1) is 15.1. The molecule has 0 saturated carbocycles. The molecular formula is C24H18ClNO5. The molecule has 0 saturated heterocycles. The Morgan fingerprint density at radius 1 is 0.935 bits per heavy atom. The van der Waals surface area contributed by atoms with Crippen LogP contribution in [0.15, 0.2) is 88.1 Å². The molecule has 4 aromatic rings. The van der Waals surface area contributed by atoms with Gasteiger partial charge in [0.2, 0.25) is 0 Å². The molecule has 0 radical (unpaired) electrons. The molecule has 0 fully saturated rings. The van der Waals surface area contributed by atoms with Crippen LogP contribution in [0.1, 0.15) is 5.56 Å². The predicted molar refractivity (Wildman–Crippen MR) is 119 cm³/mol. The number of benzene rings is 3. The summed E-state index contributed by atoms with van der Waals surface area (Å²) in [5.74, 6) is 0.375. The van der Waals surface area contributed by atoms with Crippen molar-refractivity contribution in [1.82, 2.24) is 0 Å². The number of nitrogens with one attached hydrogen (secondary N) is 1. The molecule has 7 heteroatoms. The minimum Gasteiger partial charge on any atom is -0.464 e. The highest BCUT2D eigenvalue weighted by Gasteiger charge is 2.15. The van der Waals surface area contributed by atoms with Gasteiger partial charge in [0.05, 0.1) is 12.0 Å². The molecule has 1 N–H and O–H groups in total. The van der Waals surface area contributed by atoms with Crippen molar-refractivity contribution < 1.29 is 18.7 Å². The van der Waals surface area contributed by atoms with Gasteiger partial charge >= 0.3 is 17.7 Å². The fourth-order valence-corrected chi connectivity index (χ4v) is 3.27. The van der Waals surface area contributed by atoms with Crippen molar-refractivity contribution in [2.75, 3.05) is 11.9 Å². The van der Waals surface area contributed by atoms with Crippen LogP contribution in [0.5, 0.6) is 11.7 Å². The van der Waals surface area contributed by atoms with E-state index in [4.69, 9.17) is 25.5 Å². The summed E-state index contributed by atoms with van der Waals surface area (Å²) in [7, 11) is 0. The minimum atomic E-state index is -0.679. The van der Waals surface area contributed by atoms with Crippen LogP contribution in [0, 0.1) is 0 Å². The van der Waals surface area contributed by atoms with E-state index >= 15 is 0 Å². The number of carbonyl (C=O) groups excluding carboxylic acids is 1. The van der Waals surface area contributed by atoms with Crippen molar-refractivity contribution in [1.29, 1.82) is 0 Å². The summed E-state index contributed by atoms with van der Waals surface area (Å²) in [6.07, 6.45) is -0.0346. The highest BCUT2D eigenvalue weighted by Crippen LogP contribution is 2.32. The zero-order chi connectivity index (χ0) is 21.6. The van der Waals surface area contributed by atoms with Crippen LogP contribution < -0.4 is 20.4 Å². The van der Waals surface area contributed by atoms with E-state index in [1.165, 1.54) is 6.07 Å². The average Bonchev–Trinajstić information content (AvgIpc) is 2.78. The van der Waals surface area contributed by atoms with E-state index in [0.29, 0.717) is 29.9 Å². The summed E-state index contributed by atoms with van der Waals surface area (Å²) < 4.78 is 16.1. The Hall–Kier alpha value is -3.77. The van der Waals surface area contributed by atoms with Crippen LogP contribution in [0.4, 0.5) is 10.5 Å². The van der Waals surface area contributed by atoms with Crippen molar-refractivity contribution in [3.63, 3.8) is 0 Å². The second-order valence-electron chi connectivity index (χ2n) is 6.66. The molecule has 0 spiro atoms. The van der Waals surface area contributed by atoms with Gasteiger partial charge in [-0.3, -0.25) is 5.32 Å². The zero-order valence-electron chi connectivity index (χ0n) is 16.3. The summed E-state index contributed by atoms with van der Waals surface area (Å²) in [6.45, 7) is 0.309. The van der Waals surface area contributed by atoms with E-state index in [-0.39, 0.29) is 16.4 Å². The normalized spacial score (nSPS) is 10.6. The monoisotopic (exact) mass is 435 g/mol. The van der Waals surface area contributed by atoms with Crippen molar-refractivity contribution in [3.8, 4) is 11.7 Å². The number of ether oxygens (including phenoxy) is 2. The fourth-order valence-electron chi connectivity index (χ4n) is 3.01. The Labute approximate surface area is 183 Å². The first-order valence-corrected chi connectivity index (χ1v) is 9.95. The summed E-state index contributed by atoms with van der Waals surface area (Å²) in [5, 5.41) is 3.46. The Bertz CT molecular complexity index is 1260. The summed E-state index contributed by atoms with van der Waals surface area (Å²) in [6, 6.07) is 23.2. The highest BCUT2D eigenvalue weighted by atomic mass is 35.5. The van der Waals surface area contributed by atoms with E-state index in [1.807, 2.05) is 36.4 Å². The van der Waals surface area contributed by atoms with E-state index in [9.17, 15) is 9.59 Å². The molecular weight excluding hydrogens is 418 g/mol. The number of anilines is 1. The fraction of sp³-hybridized carbons (Fsp3) is 0.0833. The highest BCUT2D eigenvalue weighted by molar-refractivity contribution is 6.36. The Kier molecular flexibility index (Phi) is 6.19. The predicted octanol–water partition coefficient (Wildman–Crippen LogP) is 5.68. The lowest BCUT2D eigenvalue weighted by atomic mass is 10.1. The Morgan fingerprint density at radius 3 is 2.39 bits per heavy atom. The number of para-hydroxylation sites is 1. The Balaban J connectivity index is 1.48. The number of halogens is 1. The molecule has 0 aliphatic rings. The van der Waals surface area contributed by atoms with Gasteiger partial charge in [0.25, 0.3) is 0 Å². The first kappa shape index (κ1) is 20.5. The van der Waals surface area contributed by atoms with Crippen molar-refractivity contribution >= 4 is 34.2 Å². The third kappa shape index (κ3) is 5.05. The second kappa shape index (κ2) is 9.36. The largest absolute Gasteiger partial charge is 0.464 e. The van der Waals surface area contributed by atoms with Gasteiger partial charge in [-0.2, -0.15) is 0 Å². The summed E-state index contributed by atoms with van der Waals surface area (Å²) in [4.78, 5) is 24.5. The molecule has 0 atom stereocenters. The first-order valence-electron chi connectivity index (χ1n) is 9.57. The van der Waals surface area contributed by atoms with Crippen molar-refractivity contribution in [2.24, 2.45) is 0 Å². The van der Waals surface area contributed by atoms with Gasteiger partial charge < -0.3 is 13.9 Å². The molecule has 156 valence electrons. The molecule has 0 bridgehead atoms. The molecule has 0 unspecified atom stereocenters. The lowest BCUT2D eigenvalue weighted by Gasteiger charge is -2.10. The molecule has 1 amide bonds. The summed E-state index contributed by atoms with van der Waals surface area (Å²) in [5.41, 5.74) is 0.851. The second-order valence-corrected chi connectivity index (χ2v) is 7.04. The molecule has 0 aliphatic carbocycles. The maximum absolute atomic E-state index is 12.5. The van der Waals surface area contributed by atoms with Gasteiger partial charge in [-0.15, -0.1) is 0 Å². The smallest absolute Gasteiger partial charge is 0.417 e. The van der Waals surface area contributed by atoms with Crippen molar-refractivity contribution in [2.45, 2.75) is 6.42 Å². The van der Waals surface area contributed by atoms with Gasteiger partial charge in [-0.1, -0.05) is 66.2 Å². The number of hydrogen-bond acceptors (Lipinski definition) is 5. The van der Waals surface area contributed by atoms with Gasteiger partial charge in [-0.05, 0) is 29.8 Å².